The van der Waals surface area contributed by atoms with E-state index in [1.807, 2.05) is 29.2 Å². The molecule has 0 saturated carbocycles. The highest BCUT2D eigenvalue weighted by atomic mass is 19.1. The Kier molecular flexibility index (Phi) is 6.37. The van der Waals surface area contributed by atoms with Crippen LogP contribution in [0.2, 0.25) is 0 Å². The standard InChI is InChI=1S/C25H29FN4O2/c1-17(2)23-16-28(15-20-9-5-7-11-22(20)26)12-13-29(23)24(31)18(3)30-25(32)21-10-6-4-8-19(21)14-27-30/h4-11,14,17-18,23H,12-13,15-16H2,1-3H3/t18-,23-/m1/s1. The van der Waals surface area contributed by atoms with Gasteiger partial charge in [0.25, 0.3) is 5.56 Å². The highest BCUT2D eigenvalue weighted by Crippen LogP contribution is 2.23. The summed E-state index contributed by atoms with van der Waals surface area (Å²) in [6, 6.07) is 13.3. The molecule has 0 spiro atoms. The number of nitrogens with zero attached hydrogens (tertiary/aromatic N) is 4. The topological polar surface area (TPSA) is 58.4 Å². The molecule has 0 N–H and O–H groups in total. The highest BCUT2D eigenvalue weighted by Gasteiger charge is 2.35. The molecule has 2 aromatic carbocycles. The van der Waals surface area contributed by atoms with Gasteiger partial charge in [-0.3, -0.25) is 14.5 Å². The summed E-state index contributed by atoms with van der Waals surface area (Å²) in [6.07, 6.45) is 1.63. The molecule has 0 aliphatic carbocycles. The molecule has 1 aliphatic rings. The molecule has 32 heavy (non-hydrogen) atoms. The molecular formula is C25H29FN4O2. The molecule has 1 aliphatic heterocycles. The lowest BCUT2D eigenvalue weighted by Gasteiger charge is -2.44. The molecule has 2 atom stereocenters. The molecule has 4 rings (SSSR count). The van der Waals surface area contributed by atoms with Crippen LogP contribution in [0, 0.1) is 11.7 Å². The van der Waals surface area contributed by atoms with E-state index >= 15 is 0 Å². The average Bonchev–Trinajstić information content (AvgIpc) is 2.80. The highest BCUT2D eigenvalue weighted by molar-refractivity contribution is 5.83. The Bertz CT molecular complexity index is 1180. The molecule has 0 unspecified atom stereocenters. The van der Waals surface area contributed by atoms with E-state index in [-0.39, 0.29) is 29.2 Å². The van der Waals surface area contributed by atoms with Crippen molar-refractivity contribution in [3.8, 4) is 0 Å². The summed E-state index contributed by atoms with van der Waals surface area (Å²) in [5.41, 5.74) is 0.401. The number of carbonyl (C=O) groups excluding carboxylic acids is 1. The van der Waals surface area contributed by atoms with Gasteiger partial charge in [0.1, 0.15) is 11.9 Å². The number of carbonyl (C=O) groups is 1. The van der Waals surface area contributed by atoms with E-state index in [9.17, 15) is 14.0 Å². The average molecular weight is 437 g/mol. The van der Waals surface area contributed by atoms with Crippen LogP contribution in [0.25, 0.3) is 10.8 Å². The third kappa shape index (κ3) is 4.30. The van der Waals surface area contributed by atoms with Gasteiger partial charge in [0.15, 0.2) is 0 Å². The van der Waals surface area contributed by atoms with Crippen molar-refractivity contribution in [2.75, 3.05) is 19.6 Å². The van der Waals surface area contributed by atoms with Crippen molar-refractivity contribution in [3.05, 3.63) is 76.5 Å². The number of fused-ring (bicyclic) bond motifs is 1. The third-order valence-corrected chi connectivity index (χ3v) is 6.35. The number of benzene rings is 2. The van der Waals surface area contributed by atoms with Crippen LogP contribution in [0.4, 0.5) is 4.39 Å². The summed E-state index contributed by atoms with van der Waals surface area (Å²) in [6.45, 7) is 8.25. The first kappa shape index (κ1) is 22.1. The van der Waals surface area contributed by atoms with Gasteiger partial charge < -0.3 is 4.90 Å². The van der Waals surface area contributed by atoms with Crippen molar-refractivity contribution in [1.29, 1.82) is 0 Å². The number of aromatic nitrogens is 2. The van der Waals surface area contributed by atoms with Gasteiger partial charge in [-0.25, -0.2) is 9.07 Å². The Labute approximate surface area is 187 Å². The number of amides is 1. The first-order chi connectivity index (χ1) is 15.4. The summed E-state index contributed by atoms with van der Waals surface area (Å²) in [5, 5.41) is 5.59. The predicted octanol–water partition coefficient (Wildman–Crippen LogP) is 3.47. The Morgan fingerprint density at radius 3 is 2.56 bits per heavy atom. The zero-order valence-electron chi connectivity index (χ0n) is 18.7. The Hall–Kier alpha value is -3.06. The minimum atomic E-state index is -0.702. The van der Waals surface area contributed by atoms with Gasteiger partial charge in [0.05, 0.1) is 11.6 Å². The van der Waals surface area contributed by atoms with Crippen LogP contribution in [0.3, 0.4) is 0 Å². The zero-order chi connectivity index (χ0) is 22.8. The molecule has 1 saturated heterocycles. The van der Waals surface area contributed by atoms with Gasteiger partial charge in [-0.2, -0.15) is 5.10 Å². The van der Waals surface area contributed by atoms with Gasteiger partial charge in [-0.05, 0) is 25.0 Å². The maximum atomic E-state index is 14.1. The van der Waals surface area contributed by atoms with Crippen LogP contribution in [0.5, 0.6) is 0 Å². The second kappa shape index (κ2) is 9.20. The van der Waals surface area contributed by atoms with Crippen molar-refractivity contribution in [2.45, 2.75) is 39.4 Å². The third-order valence-electron chi connectivity index (χ3n) is 6.35. The van der Waals surface area contributed by atoms with E-state index < -0.39 is 6.04 Å². The summed E-state index contributed by atoms with van der Waals surface area (Å²) in [7, 11) is 0. The maximum Gasteiger partial charge on any atom is 0.275 e. The second-order valence-electron chi connectivity index (χ2n) is 8.83. The largest absolute Gasteiger partial charge is 0.335 e. The second-order valence-corrected chi connectivity index (χ2v) is 8.83. The summed E-state index contributed by atoms with van der Waals surface area (Å²) >= 11 is 0. The fourth-order valence-electron chi connectivity index (χ4n) is 4.45. The quantitative estimate of drug-likeness (QED) is 0.615. The molecule has 168 valence electrons. The van der Waals surface area contributed by atoms with E-state index in [4.69, 9.17) is 0 Å². The van der Waals surface area contributed by atoms with E-state index in [2.05, 4.69) is 23.8 Å². The normalized spacial score (nSPS) is 18.3. The number of rotatable bonds is 5. The van der Waals surface area contributed by atoms with Crippen molar-refractivity contribution < 1.29 is 9.18 Å². The van der Waals surface area contributed by atoms with Crippen LogP contribution in [0.1, 0.15) is 32.4 Å². The number of piperazine rings is 1. The van der Waals surface area contributed by atoms with Gasteiger partial charge in [0, 0.05) is 43.2 Å². The van der Waals surface area contributed by atoms with Crippen molar-refractivity contribution >= 4 is 16.7 Å². The summed E-state index contributed by atoms with van der Waals surface area (Å²) in [4.78, 5) is 30.5. The first-order valence-corrected chi connectivity index (χ1v) is 11.1. The number of hydrogen-bond acceptors (Lipinski definition) is 4. The lowest BCUT2D eigenvalue weighted by Crippen LogP contribution is -2.58. The molecule has 1 amide bonds. The molecule has 0 radical (unpaired) electrons. The Balaban J connectivity index is 1.54. The monoisotopic (exact) mass is 436 g/mol. The van der Waals surface area contributed by atoms with Crippen molar-refractivity contribution in [2.24, 2.45) is 5.92 Å². The van der Waals surface area contributed by atoms with Gasteiger partial charge >= 0.3 is 0 Å². The summed E-state index contributed by atoms with van der Waals surface area (Å²) in [5.74, 6) is -0.0996. The minimum Gasteiger partial charge on any atom is -0.335 e. The summed E-state index contributed by atoms with van der Waals surface area (Å²) < 4.78 is 15.4. The van der Waals surface area contributed by atoms with Crippen LogP contribution in [-0.2, 0) is 11.3 Å². The lowest BCUT2D eigenvalue weighted by atomic mass is 9.98. The molecule has 3 aromatic rings. The smallest absolute Gasteiger partial charge is 0.275 e. The number of halogens is 1. The van der Waals surface area contributed by atoms with Crippen molar-refractivity contribution in [3.63, 3.8) is 0 Å². The van der Waals surface area contributed by atoms with E-state index in [0.29, 0.717) is 37.1 Å². The Morgan fingerprint density at radius 2 is 1.81 bits per heavy atom. The number of hydrogen-bond donors (Lipinski definition) is 0. The molecule has 7 heteroatoms. The molecule has 1 aromatic heterocycles. The predicted molar refractivity (Wildman–Crippen MR) is 123 cm³/mol. The van der Waals surface area contributed by atoms with Gasteiger partial charge in [0.2, 0.25) is 5.91 Å². The molecular weight excluding hydrogens is 407 g/mol. The zero-order valence-corrected chi connectivity index (χ0v) is 18.7. The molecule has 0 bridgehead atoms. The lowest BCUT2D eigenvalue weighted by molar-refractivity contribution is -0.141. The first-order valence-electron chi connectivity index (χ1n) is 11.1. The van der Waals surface area contributed by atoms with Crippen molar-refractivity contribution in [1.82, 2.24) is 19.6 Å². The minimum absolute atomic E-state index is 0.0263. The van der Waals surface area contributed by atoms with Gasteiger partial charge in [-0.15, -0.1) is 0 Å². The molecule has 2 heterocycles. The van der Waals surface area contributed by atoms with Crippen LogP contribution >= 0.6 is 0 Å². The molecule has 6 nitrogen and oxygen atoms in total. The Morgan fingerprint density at radius 1 is 1.09 bits per heavy atom. The van der Waals surface area contributed by atoms with E-state index in [1.54, 1.807) is 31.3 Å². The maximum absolute atomic E-state index is 14.1. The van der Waals surface area contributed by atoms with E-state index in [0.717, 1.165) is 5.39 Å². The van der Waals surface area contributed by atoms with Crippen LogP contribution in [-0.4, -0.2) is 51.2 Å². The SMILES string of the molecule is CC(C)[C@H]1CN(Cc2ccccc2F)CCN1C(=O)[C@@H](C)n1ncc2ccccc2c1=O. The molecule has 1 fully saturated rings. The van der Waals surface area contributed by atoms with Crippen LogP contribution < -0.4 is 5.56 Å². The van der Waals surface area contributed by atoms with Crippen LogP contribution in [0.15, 0.2) is 59.5 Å². The van der Waals surface area contributed by atoms with E-state index in [1.165, 1.54) is 10.7 Å². The van der Waals surface area contributed by atoms with Gasteiger partial charge in [-0.1, -0.05) is 50.2 Å². The fraction of sp³-hybridized carbons (Fsp3) is 0.400. The fourth-order valence-corrected chi connectivity index (χ4v) is 4.45.